The second-order valence-electron chi connectivity index (χ2n) is 3.84. The zero-order valence-electron chi connectivity index (χ0n) is 9.03. The number of carbonyl (C=O) groups excluding carboxylic acids is 1. The molecule has 1 atom stereocenters. The van der Waals surface area contributed by atoms with Crippen LogP contribution in [0.5, 0.6) is 0 Å². The number of hydrogen-bond acceptors (Lipinski definition) is 2. The van der Waals surface area contributed by atoms with Crippen LogP contribution in [0.3, 0.4) is 0 Å². The van der Waals surface area contributed by atoms with Crippen molar-refractivity contribution in [2.45, 2.75) is 13.0 Å². The van der Waals surface area contributed by atoms with Crippen LogP contribution >= 0.6 is 0 Å². The smallest absolute Gasteiger partial charge is 0.251 e. The number of hydrogen-bond donors (Lipinski definition) is 3. The van der Waals surface area contributed by atoms with Crippen molar-refractivity contribution in [3.63, 3.8) is 0 Å². The third kappa shape index (κ3) is 2.06. The van der Waals surface area contributed by atoms with Gasteiger partial charge in [0.25, 0.3) is 5.91 Å². The number of aromatic nitrogens is 1. The summed E-state index contributed by atoms with van der Waals surface area (Å²) in [5.41, 5.74) is 1.53. The van der Waals surface area contributed by atoms with Crippen molar-refractivity contribution in [1.29, 1.82) is 0 Å². The standard InChI is InChI=1S/C12H14N2O2/c1-8(7-15)14-12(16)10-3-2-9-4-5-13-11(9)6-10/h2-6,8,13,15H,7H2,1H3,(H,14,16)/t8-/m1/s1. The fourth-order valence-corrected chi connectivity index (χ4v) is 1.54. The highest BCUT2D eigenvalue weighted by Crippen LogP contribution is 2.14. The van der Waals surface area contributed by atoms with E-state index in [0.29, 0.717) is 5.56 Å². The molecule has 1 aromatic heterocycles. The van der Waals surface area contributed by atoms with Gasteiger partial charge < -0.3 is 15.4 Å². The molecular formula is C12H14N2O2. The van der Waals surface area contributed by atoms with Crippen LogP contribution in [0, 0.1) is 0 Å². The Morgan fingerprint density at radius 3 is 3.06 bits per heavy atom. The van der Waals surface area contributed by atoms with Crippen molar-refractivity contribution < 1.29 is 9.90 Å². The zero-order valence-corrected chi connectivity index (χ0v) is 9.03. The van der Waals surface area contributed by atoms with E-state index in [4.69, 9.17) is 5.11 Å². The summed E-state index contributed by atoms with van der Waals surface area (Å²) >= 11 is 0. The highest BCUT2D eigenvalue weighted by Gasteiger charge is 2.09. The molecule has 0 saturated carbocycles. The number of aliphatic hydroxyl groups excluding tert-OH is 1. The number of aromatic amines is 1. The van der Waals surface area contributed by atoms with Gasteiger partial charge in [0.1, 0.15) is 0 Å². The molecule has 16 heavy (non-hydrogen) atoms. The zero-order chi connectivity index (χ0) is 11.5. The SMILES string of the molecule is C[C@H](CO)NC(=O)c1ccc2cc[nH]c2c1. The third-order valence-corrected chi connectivity index (χ3v) is 2.47. The molecule has 0 aliphatic carbocycles. The van der Waals surface area contributed by atoms with Crippen molar-refractivity contribution in [3.05, 3.63) is 36.0 Å². The summed E-state index contributed by atoms with van der Waals surface area (Å²) in [4.78, 5) is 14.8. The van der Waals surface area contributed by atoms with Crippen molar-refractivity contribution in [2.75, 3.05) is 6.61 Å². The number of amides is 1. The molecule has 2 rings (SSSR count). The topological polar surface area (TPSA) is 65.1 Å². The lowest BCUT2D eigenvalue weighted by Gasteiger charge is -2.10. The predicted molar refractivity (Wildman–Crippen MR) is 62.3 cm³/mol. The van der Waals surface area contributed by atoms with E-state index >= 15 is 0 Å². The minimum absolute atomic E-state index is 0.0590. The second-order valence-corrected chi connectivity index (χ2v) is 3.84. The van der Waals surface area contributed by atoms with E-state index in [9.17, 15) is 4.79 Å². The molecule has 1 heterocycles. The first kappa shape index (κ1) is 10.7. The molecule has 1 aromatic carbocycles. The highest BCUT2D eigenvalue weighted by molar-refractivity contribution is 5.98. The summed E-state index contributed by atoms with van der Waals surface area (Å²) in [5, 5.41) is 12.6. The number of rotatable bonds is 3. The van der Waals surface area contributed by atoms with Gasteiger partial charge in [-0.25, -0.2) is 0 Å². The van der Waals surface area contributed by atoms with E-state index in [2.05, 4.69) is 10.3 Å². The van der Waals surface area contributed by atoms with Gasteiger partial charge in [0.2, 0.25) is 0 Å². The predicted octanol–water partition coefficient (Wildman–Crippen LogP) is 1.28. The monoisotopic (exact) mass is 218 g/mol. The fraction of sp³-hybridized carbons (Fsp3) is 0.250. The Bertz CT molecular complexity index is 504. The van der Waals surface area contributed by atoms with E-state index < -0.39 is 0 Å². The van der Waals surface area contributed by atoms with Crippen LogP contribution in [0.4, 0.5) is 0 Å². The van der Waals surface area contributed by atoms with Gasteiger partial charge >= 0.3 is 0 Å². The number of carbonyl (C=O) groups is 1. The maximum atomic E-state index is 11.7. The van der Waals surface area contributed by atoms with Crippen molar-refractivity contribution in [2.24, 2.45) is 0 Å². The molecule has 0 aliphatic heterocycles. The highest BCUT2D eigenvalue weighted by atomic mass is 16.3. The number of benzene rings is 1. The Morgan fingerprint density at radius 1 is 1.50 bits per heavy atom. The van der Waals surface area contributed by atoms with Crippen molar-refractivity contribution >= 4 is 16.8 Å². The number of fused-ring (bicyclic) bond motifs is 1. The van der Waals surface area contributed by atoms with Gasteiger partial charge in [-0.15, -0.1) is 0 Å². The molecule has 1 amide bonds. The Kier molecular flexibility index (Phi) is 2.92. The normalized spacial score (nSPS) is 12.6. The molecule has 0 spiro atoms. The molecule has 0 unspecified atom stereocenters. The average Bonchev–Trinajstić information content (AvgIpc) is 2.75. The minimum atomic E-state index is -0.230. The van der Waals surface area contributed by atoms with Crippen molar-refractivity contribution in [3.8, 4) is 0 Å². The molecule has 84 valence electrons. The fourth-order valence-electron chi connectivity index (χ4n) is 1.54. The largest absolute Gasteiger partial charge is 0.394 e. The van der Waals surface area contributed by atoms with Crippen LogP contribution in [0.1, 0.15) is 17.3 Å². The van der Waals surface area contributed by atoms with Gasteiger partial charge in [-0.1, -0.05) is 6.07 Å². The van der Waals surface area contributed by atoms with E-state index in [1.54, 1.807) is 19.1 Å². The quantitative estimate of drug-likeness (QED) is 0.726. The van der Waals surface area contributed by atoms with E-state index in [1.807, 2.05) is 18.3 Å². The molecular weight excluding hydrogens is 204 g/mol. The van der Waals surface area contributed by atoms with Gasteiger partial charge in [0.05, 0.1) is 6.61 Å². The van der Waals surface area contributed by atoms with Gasteiger partial charge in [-0.3, -0.25) is 4.79 Å². The molecule has 4 heteroatoms. The second kappa shape index (κ2) is 4.37. The maximum absolute atomic E-state index is 11.7. The Labute approximate surface area is 93.3 Å². The van der Waals surface area contributed by atoms with Crippen LogP contribution in [0.15, 0.2) is 30.5 Å². The lowest BCUT2D eigenvalue weighted by Crippen LogP contribution is -2.34. The molecule has 0 saturated heterocycles. The first-order chi connectivity index (χ1) is 7.70. The molecule has 2 aromatic rings. The number of aliphatic hydroxyl groups is 1. The molecule has 3 N–H and O–H groups in total. The summed E-state index contributed by atoms with van der Waals surface area (Å²) in [6.45, 7) is 1.70. The maximum Gasteiger partial charge on any atom is 0.251 e. The number of H-pyrrole nitrogens is 1. The van der Waals surface area contributed by atoms with Gasteiger partial charge in [-0.2, -0.15) is 0 Å². The first-order valence-corrected chi connectivity index (χ1v) is 5.19. The van der Waals surface area contributed by atoms with Crippen LogP contribution in [0.25, 0.3) is 10.9 Å². The Hall–Kier alpha value is -1.81. The van der Waals surface area contributed by atoms with Gasteiger partial charge in [-0.05, 0) is 30.5 Å². The van der Waals surface area contributed by atoms with E-state index in [1.165, 1.54) is 0 Å². The van der Waals surface area contributed by atoms with E-state index in [-0.39, 0.29) is 18.6 Å². The lowest BCUT2D eigenvalue weighted by molar-refractivity contribution is 0.0922. The minimum Gasteiger partial charge on any atom is -0.394 e. The average molecular weight is 218 g/mol. The molecule has 4 nitrogen and oxygen atoms in total. The molecule has 0 aliphatic rings. The molecule has 0 fully saturated rings. The summed E-state index contributed by atoms with van der Waals surface area (Å²) in [5.74, 6) is -0.168. The summed E-state index contributed by atoms with van der Waals surface area (Å²) in [6, 6.07) is 7.19. The van der Waals surface area contributed by atoms with Gasteiger partial charge in [0, 0.05) is 23.3 Å². The summed E-state index contributed by atoms with van der Waals surface area (Å²) in [6.07, 6.45) is 1.84. The van der Waals surface area contributed by atoms with Crippen LogP contribution < -0.4 is 5.32 Å². The summed E-state index contributed by atoms with van der Waals surface area (Å²) < 4.78 is 0. The molecule has 0 radical (unpaired) electrons. The van der Waals surface area contributed by atoms with Crippen LogP contribution in [0.2, 0.25) is 0 Å². The lowest BCUT2D eigenvalue weighted by atomic mass is 10.1. The number of nitrogens with one attached hydrogen (secondary N) is 2. The van der Waals surface area contributed by atoms with Gasteiger partial charge in [0.15, 0.2) is 0 Å². The van der Waals surface area contributed by atoms with Crippen LogP contribution in [-0.2, 0) is 0 Å². The molecule has 0 bridgehead atoms. The third-order valence-electron chi connectivity index (χ3n) is 2.47. The van der Waals surface area contributed by atoms with Crippen molar-refractivity contribution in [1.82, 2.24) is 10.3 Å². The summed E-state index contributed by atoms with van der Waals surface area (Å²) in [7, 11) is 0. The first-order valence-electron chi connectivity index (χ1n) is 5.19. The Balaban J connectivity index is 2.22. The van der Waals surface area contributed by atoms with E-state index in [0.717, 1.165) is 10.9 Å². The Morgan fingerprint density at radius 2 is 2.31 bits per heavy atom. The van der Waals surface area contributed by atoms with Crippen LogP contribution in [-0.4, -0.2) is 28.6 Å².